The molecule has 4 heteroatoms. The Balaban J connectivity index is 2.50. The third-order valence-electron chi connectivity index (χ3n) is 1.91. The molecule has 0 aromatic heterocycles. The molecule has 0 radical (unpaired) electrons. The van der Waals surface area contributed by atoms with E-state index in [1.165, 1.54) is 0 Å². The zero-order valence-electron chi connectivity index (χ0n) is 8.53. The average molecular weight is 207 g/mol. The number of rotatable bonds is 5. The van der Waals surface area contributed by atoms with Gasteiger partial charge in [0.05, 0.1) is 18.6 Å². The van der Waals surface area contributed by atoms with Crippen molar-refractivity contribution in [2.24, 2.45) is 0 Å². The molecule has 1 N–H and O–H groups in total. The van der Waals surface area contributed by atoms with E-state index in [1.54, 1.807) is 31.3 Å². The highest BCUT2D eigenvalue weighted by Crippen LogP contribution is 2.15. The van der Waals surface area contributed by atoms with Crippen molar-refractivity contribution in [3.8, 4) is 5.75 Å². The van der Waals surface area contributed by atoms with Crippen LogP contribution in [-0.4, -0.2) is 25.8 Å². The van der Waals surface area contributed by atoms with Gasteiger partial charge >= 0.3 is 0 Å². The van der Waals surface area contributed by atoms with Crippen LogP contribution in [0.5, 0.6) is 5.75 Å². The Morgan fingerprint density at radius 2 is 2.20 bits per heavy atom. The number of benzene rings is 1. The fourth-order valence-corrected chi connectivity index (χ4v) is 1.09. The molecule has 0 bridgehead atoms. The molecule has 0 heterocycles. The Morgan fingerprint density at radius 1 is 1.47 bits per heavy atom. The van der Waals surface area contributed by atoms with Crippen LogP contribution in [0.3, 0.4) is 0 Å². The number of para-hydroxylation sites is 1. The topological polar surface area (TPSA) is 55.4 Å². The summed E-state index contributed by atoms with van der Waals surface area (Å²) in [6, 6.07) is 6.91. The normalized spacial score (nSPS) is 9.40. The summed E-state index contributed by atoms with van der Waals surface area (Å²) in [6.07, 6.45) is 1.01. The van der Waals surface area contributed by atoms with Gasteiger partial charge in [-0.05, 0) is 12.1 Å². The van der Waals surface area contributed by atoms with Crippen molar-refractivity contribution in [3.63, 3.8) is 0 Å². The van der Waals surface area contributed by atoms with Crippen LogP contribution >= 0.6 is 0 Å². The highest BCUT2D eigenvalue weighted by molar-refractivity contribution is 5.79. The monoisotopic (exact) mass is 207 g/mol. The fraction of sp³-hybridized carbons (Fsp3) is 0.273. The van der Waals surface area contributed by atoms with E-state index < -0.39 is 0 Å². The van der Waals surface area contributed by atoms with Gasteiger partial charge in [-0.2, -0.15) is 0 Å². The summed E-state index contributed by atoms with van der Waals surface area (Å²) in [5, 5.41) is 2.49. The molecule has 0 atom stereocenters. The van der Waals surface area contributed by atoms with Gasteiger partial charge < -0.3 is 10.1 Å². The minimum Gasteiger partial charge on any atom is -0.492 e. The molecule has 1 aromatic rings. The fourth-order valence-electron chi connectivity index (χ4n) is 1.09. The average Bonchev–Trinajstić information content (AvgIpc) is 2.29. The molecule has 0 unspecified atom stereocenters. The van der Waals surface area contributed by atoms with Gasteiger partial charge in [-0.25, -0.2) is 0 Å². The Morgan fingerprint density at radius 3 is 2.87 bits per heavy atom. The van der Waals surface area contributed by atoms with Crippen LogP contribution in [0.25, 0.3) is 0 Å². The lowest BCUT2D eigenvalue weighted by Gasteiger charge is -2.07. The van der Waals surface area contributed by atoms with Crippen molar-refractivity contribution in [1.82, 2.24) is 5.32 Å². The first-order valence-electron chi connectivity index (χ1n) is 4.65. The predicted octanol–water partition coefficient (Wildman–Crippen LogP) is 1.01. The van der Waals surface area contributed by atoms with Crippen LogP contribution in [-0.2, 0) is 4.79 Å². The number of ether oxygens (including phenoxy) is 1. The number of carbonyl (C=O) groups excluding carboxylic acids is 2. The van der Waals surface area contributed by atoms with E-state index in [9.17, 15) is 9.59 Å². The quantitative estimate of drug-likeness (QED) is 0.733. The van der Waals surface area contributed by atoms with E-state index in [2.05, 4.69) is 5.32 Å². The lowest BCUT2D eigenvalue weighted by atomic mass is 10.2. The summed E-state index contributed by atoms with van der Waals surface area (Å²) >= 11 is 0. The van der Waals surface area contributed by atoms with Crippen molar-refractivity contribution in [2.75, 3.05) is 13.7 Å². The van der Waals surface area contributed by atoms with E-state index in [4.69, 9.17) is 4.74 Å². The van der Waals surface area contributed by atoms with Crippen molar-refractivity contribution >= 4 is 12.2 Å². The summed E-state index contributed by atoms with van der Waals surface area (Å²) in [7, 11) is 1.57. The zero-order chi connectivity index (χ0) is 11.1. The second-order valence-corrected chi connectivity index (χ2v) is 2.93. The molecule has 0 aliphatic heterocycles. The molecule has 0 spiro atoms. The van der Waals surface area contributed by atoms with Crippen molar-refractivity contribution in [3.05, 3.63) is 29.8 Å². The van der Waals surface area contributed by atoms with Crippen molar-refractivity contribution in [2.45, 2.75) is 6.42 Å². The summed E-state index contributed by atoms with van der Waals surface area (Å²) in [5.41, 5.74) is 0.495. The second-order valence-electron chi connectivity index (χ2n) is 2.93. The molecule has 0 aliphatic carbocycles. The highest BCUT2D eigenvalue weighted by Gasteiger charge is 2.02. The Hall–Kier alpha value is -1.84. The summed E-state index contributed by atoms with van der Waals surface area (Å²) in [5.74, 6) is 0.426. The van der Waals surface area contributed by atoms with Gasteiger partial charge in [-0.15, -0.1) is 0 Å². The van der Waals surface area contributed by atoms with Gasteiger partial charge in [0.25, 0.3) is 0 Å². The SMILES string of the molecule is CNC(=O)CCOc1ccccc1C=O. The van der Waals surface area contributed by atoms with Gasteiger partial charge in [-0.3, -0.25) is 9.59 Å². The minimum atomic E-state index is -0.0846. The van der Waals surface area contributed by atoms with Gasteiger partial charge in [0, 0.05) is 7.05 Å². The van der Waals surface area contributed by atoms with Crippen LogP contribution in [0.1, 0.15) is 16.8 Å². The molecular weight excluding hydrogens is 194 g/mol. The first-order chi connectivity index (χ1) is 7.27. The summed E-state index contributed by atoms with van der Waals surface area (Å²) in [6.45, 7) is 0.268. The number of aldehydes is 1. The smallest absolute Gasteiger partial charge is 0.223 e. The van der Waals surface area contributed by atoms with E-state index in [0.717, 1.165) is 6.29 Å². The maximum absolute atomic E-state index is 10.9. The molecule has 0 aliphatic rings. The maximum Gasteiger partial charge on any atom is 0.223 e. The lowest BCUT2D eigenvalue weighted by Crippen LogP contribution is -2.20. The first-order valence-corrected chi connectivity index (χ1v) is 4.65. The van der Waals surface area contributed by atoms with E-state index >= 15 is 0 Å². The van der Waals surface area contributed by atoms with E-state index in [0.29, 0.717) is 11.3 Å². The second kappa shape index (κ2) is 5.80. The number of carbonyl (C=O) groups is 2. The minimum absolute atomic E-state index is 0.0846. The third-order valence-corrected chi connectivity index (χ3v) is 1.91. The van der Waals surface area contributed by atoms with Gasteiger partial charge in [0.2, 0.25) is 5.91 Å². The highest BCUT2D eigenvalue weighted by atomic mass is 16.5. The first kappa shape index (κ1) is 11.2. The summed E-state index contributed by atoms with van der Waals surface area (Å²) < 4.78 is 5.31. The standard InChI is InChI=1S/C11H13NO3/c1-12-11(14)6-7-15-10-5-3-2-4-9(10)8-13/h2-5,8H,6-7H2,1H3,(H,12,14). The molecule has 1 aromatic carbocycles. The molecule has 15 heavy (non-hydrogen) atoms. The van der Waals surface area contributed by atoms with Crippen molar-refractivity contribution < 1.29 is 14.3 Å². The lowest BCUT2D eigenvalue weighted by molar-refractivity contribution is -0.121. The zero-order valence-corrected chi connectivity index (χ0v) is 8.53. The molecule has 0 saturated heterocycles. The maximum atomic E-state index is 10.9. The van der Waals surface area contributed by atoms with Gasteiger partial charge in [-0.1, -0.05) is 12.1 Å². The molecular formula is C11H13NO3. The molecule has 0 saturated carbocycles. The molecule has 1 rings (SSSR count). The number of hydrogen-bond acceptors (Lipinski definition) is 3. The molecule has 1 amide bonds. The third kappa shape index (κ3) is 3.42. The number of hydrogen-bond donors (Lipinski definition) is 1. The van der Waals surface area contributed by atoms with Crippen LogP contribution in [0.15, 0.2) is 24.3 Å². The van der Waals surface area contributed by atoms with Crippen molar-refractivity contribution in [1.29, 1.82) is 0 Å². The van der Waals surface area contributed by atoms with E-state index in [-0.39, 0.29) is 18.9 Å². The number of nitrogens with one attached hydrogen (secondary N) is 1. The van der Waals surface area contributed by atoms with Crippen LogP contribution in [0, 0.1) is 0 Å². The van der Waals surface area contributed by atoms with Gasteiger partial charge in [0.15, 0.2) is 6.29 Å². The largest absolute Gasteiger partial charge is 0.492 e. The van der Waals surface area contributed by atoms with E-state index in [1.807, 2.05) is 0 Å². The number of amides is 1. The molecule has 4 nitrogen and oxygen atoms in total. The molecule has 80 valence electrons. The Labute approximate surface area is 88.2 Å². The van der Waals surface area contributed by atoms with Crippen LogP contribution in [0.4, 0.5) is 0 Å². The summed E-state index contributed by atoms with van der Waals surface area (Å²) in [4.78, 5) is 21.5. The van der Waals surface area contributed by atoms with Crippen LogP contribution < -0.4 is 10.1 Å². The van der Waals surface area contributed by atoms with Crippen LogP contribution in [0.2, 0.25) is 0 Å². The molecule has 0 fully saturated rings. The van der Waals surface area contributed by atoms with Gasteiger partial charge in [0.1, 0.15) is 5.75 Å². The Bertz CT molecular complexity index is 349. The predicted molar refractivity (Wildman–Crippen MR) is 56.0 cm³/mol. The Kier molecular flexibility index (Phi) is 4.34.